The first-order valence-corrected chi connectivity index (χ1v) is 8.57. The number of sulfone groups is 1. The molecule has 0 aliphatic rings. The third kappa shape index (κ3) is 4.08. The quantitative estimate of drug-likeness (QED) is 0.669. The molecule has 0 saturated heterocycles. The van der Waals surface area contributed by atoms with E-state index in [1.54, 1.807) is 0 Å². The second-order valence-corrected chi connectivity index (χ2v) is 7.09. The van der Waals surface area contributed by atoms with Crippen molar-refractivity contribution in [3.8, 4) is 5.75 Å². The number of carbonyl (C=O) groups is 2. The van der Waals surface area contributed by atoms with E-state index in [-0.39, 0.29) is 26.8 Å². The number of nitrogens with two attached hydrogens (primary N) is 1. The number of esters is 1. The van der Waals surface area contributed by atoms with Gasteiger partial charge in [0.05, 0.1) is 15.5 Å². The van der Waals surface area contributed by atoms with E-state index in [2.05, 4.69) is 0 Å². The van der Waals surface area contributed by atoms with Gasteiger partial charge in [0.25, 0.3) is 0 Å². The zero-order chi connectivity index (χ0) is 17.2. The fraction of sp³-hybridized carbons (Fsp3) is 0.0667. The molecule has 1 amide bonds. The third-order valence-electron chi connectivity index (χ3n) is 2.90. The van der Waals surface area contributed by atoms with Gasteiger partial charge in [0, 0.05) is 11.8 Å². The lowest BCUT2D eigenvalue weighted by molar-refractivity contribution is 0.0733. The molecule has 0 fully saturated rings. The SMILES string of the molecule is CS(=O)(=O)c1cc(C(=O)Oc2cccc(C(N)=O)c2)ccc1Cl. The molecule has 0 atom stereocenters. The molecule has 0 heterocycles. The number of rotatable bonds is 4. The zero-order valence-electron chi connectivity index (χ0n) is 11.9. The molecule has 0 saturated carbocycles. The fourth-order valence-corrected chi connectivity index (χ4v) is 3.09. The molecule has 2 aromatic rings. The summed E-state index contributed by atoms with van der Waals surface area (Å²) in [5.74, 6) is -1.33. The van der Waals surface area contributed by atoms with E-state index < -0.39 is 21.7 Å². The lowest BCUT2D eigenvalue weighted by atomic mass is 10.2. The molecule has 23 heavy (non-hydrogen) atoms. The predicted octanol–water partition coefficient (Wildman–Crippen LogP) is 2.06. The Morgan fingerprint density at radius 1 is 1.09 bits per heavy atom. The molecule has 120 valence electrons. The van der Waals surface area contributed by atoms with Crippen molar-refractivity contribution in [3.63, 3.8) is 0 Å². The number of carbonyl (C=O) groups excluding carboxylic acids is 2. The van der Waals surface area contributed by atoms with Crippen LogP contribution in [0, 0.1) is 0 Å². The average molecular weight is 354 g/mol. The summed E-state index contributed by atoms with van der Waals surface area (Å²) in [5.41, 5.74) is 5.34. The molecule has 0 bridgehead atoms. The van der Waals surface area contributed by atoms with Gasteiger partial charge in [-0.1, -0.05) is 17.7 Å². The van der Waals surface area contributed by atoms with Gasteiger partial charge < -0.3 is 10.5 Å². The maximum Gasteiger partial charge on any atom is 0.343 e. The van der Waals surface area contributed by atoms with Crippen molar-refractivity contribution in [2.75, 3.05) is 6.26 Å². The number of hydrogen-bond donors (Lipinski definition) is 1. The Morgan fingerprint density at radius 2 is 1.78 bits per heavy atom. The third-order valence-corrected chi connectivity index (χ3v) is 4.47. The molecule has 0 unspecified atom stereocenters. The Balaban J connectivity index is 2.32. The minimum atomic E-state index is -3.58. The maximum absolute atomic E-state index is 12.1. The van der Waals surface area contributed by atoms with Crippen LogP contribution in [0.15, 0.2) is 47.4 Å². The van der Waals surface area contributed by atoms with E-state index in [0.717, 1.165) is 12.3 Å². The molecule has 0 radical (unpaired) electrons. The van der Waals surface area contributed by atoms with Crippen molar-refractivity contribution in [2.24, 2.45) is 5.73 Å². The molecular formula is C15H12ClNO5S. The Morgan fingerprint density at radius 3 is 2.39 bits per heavy atom. The first kappa shape index (κ1) is 17.0. The summed E-state index contributed by atoms with van der Waals surface area (Å²) in [5, 5.41) is 0.0137. The highest BCUT2D eigenvalue weighted by molar-refractivity contribution is 7.90. The largest absolute Gasteiger partial charge is 0.423 e. The molecule has 6 nitrogen and oxygen atoms in total. The van der Waals surface area contributed by atoms with Crippen molar-refractivity contribution >= 4 is 33.3 Å². The Hall–Kier alpha value is -2.38. The highest BCUT2D eigenvalue weighted by Crippen LogP contribution is 2.23. The summed E-state index contributed by atoms with van der Waals surface area (Å²) in [6.45, 7) is 0. The monoisotopic (exact) mass is 353 g/mol. The smallest absolute Gasteiger partial charge is 0.343 e. The van der Waals surface area contributed by atoms with Crippen LogP contribution in [0.4, 0.5) is 0 Å². The van der Waals surface area contributed by atoms with Gasteiger partial charge in [-0.3, -0.25) is 4.79 Å². The van der Waals surface area contributed by atoms with Gasteiger partial charge in [-0.2, -0.15) is 0 Å². The summed E-state index contributed by atoms with van der Waals surface area (Å²) < 4.78 is 28.4. The molecule has 8 heteroatoms. The van der Waals surface area contributed by atoms with Gasteiger partial charge in [0.15, 0.2) is 9.84 Å². The second-order valence-electron chi connectivity index (χ2n) is 4.70. The number of ether oxygens (including phenoxy) is 1. The van der Waals surface area contributed by atoms with E-state index in [9.17, 15) is 18.0 Å². The topological polar surface area (TPSA) is 104 Å². The van der Waals surface area contributed by atoms with E-state index >= 15 is 0 Å². The highest BCUT2D eigenvalue weighted by Gasteiger charge is 2.17. The van der Waals surface area contributed by atoms with Crippen LogP contribution >= 0.6 is 11.6 Å². The minimum Gasteiger partial charge on any atom is -0.423 e. The van der Waals surface area contributed by atoms with Gasteiger partial charge in [-0.15, -0.1) is 0 Å². The van der Waals surface area contributed by atoms with E-state index in [0.29, 0.717) is 0 Å². The Bertz CT molecular complexity index is 892. The summed E-state index contributed by atoms with van der Waals surface area (Å²) in [4.78, 5) is 23.0. The predicted molar refractivity (Wildman–Crippen MR) is 84.5 cm³/mol. The van der Waals surface area contributed by atoms with Crippen LogP contribution in [0.25, 0.3) is 0 Å². The second kappa shape index (κ2) is 6.39. The van der Waals surface area contributed by atoms with Crippen LogP contribution in [-0.2, 0) is 9.84 Å². The van der Waals surface area contributed by atoms with Gasteiger partial charge in [0.1, 0.15) is 5.75 Å². The van der Waals surface area contributed by atoms with E-state index in [4.69, 9.17) is 22.1 Å². The lowest BCUT2D eigenvalue weighted by Crippen LogP contribution is -2.13. The highest BCUT2D eigenvalue weighted by atomic mass is 35.5. The Labute approximate surface area is 137 Å². The first-order valence-electron chi connectivity index (χ1n) is 6.30. The van der Waals surface area contributed by atoms with Crippen LogP contribution in [0.2, 0.25) is 5.02 Å². The van der Waals surface area contributed by atoms with Crippen molar-refractivity contribution in [3.05, 3.63) is 58.6 Å². The van der Waals surface area contributed by atoms with Gasteiger partial charge in [-0.05, 0) is 36.4 Å². The van der Waals surface area contributed by atoms with E-state index in [1.165, 1.54) is 36.4 Å². The van der Waals surface area contributed by atoms with Crippen LogP contribution in [0.3, 0.4) is 0 Å². The standard InChI is InChI=1S/C15H12ClNO5S/c1-23(20,21)13-8-10(5-6-12(13)16)15(19)22-11-4-2-3-9(7-11)14(17)18/h2-8H,1H3,(H2,17,18). The van der Waals surface area contributed by atoms with Gasteiger partial charge >= 0.3 is 5.97 Å². The van der Waals surface area contributed by atoms with Crippen molar-refractivity contribution in [1.82, 2.24) is 0 Å². The molecule has 2 rings (SSSR count). The van der Waals surface area contributed by atoms with Crippen LogP contribution < -0.4 is 10.5 Å². The summed E-state index contributed by atoms with van der Waals surface area (Å²) in [7, 11) is -3.58. The summed E-state index contributed by atoms with van der Waals surface area (Å²) in [6, 6.07) is 9.55. The molecule has 0 spiro atoms. The van der Waals surface area contributed by atoms with Crippen LogP contribution in [0.5, 0.6) is 5.75 Å². The van der Waals surface area contributed by atoms with Crippen LogP contribution in [0.1, 0.15) is 20.7 Å². The van der Waals surface area contributed by atoms with Gasteiger partial charge in [0.2, 0.25) is 5.91 Å². The Kier molecular flexibility index (Phi) is 4.72. The van der Waals surface area contributed by atoms with Crippen molar-refractivity contribution in [1.29, 1.82) is 0 Å². The lowest BCUT2D eigenvalue weighted by Gasteiger charge is -2.07. The molecule has 2 N–H and O–H groups in total. The minimum absolute atomic E-state index is 0.0132. The van der Waals surface area contributed by atoms with Crippen molar-refractivity contribution in [2.45, 2.75) is 4.90 Å². The number of amides is 1. The number of hydrogen-bond acceptors (Lipinski definition) is 5. The van der Waals surface area contributed by atoms with E-state index in [1.807, 2.05) is 0 Å². The van der Waals surface area contributed by atoms with Crippen molar-refractivity contribution < 1.29 is 22.7 Å². The summed E-state index contributed by atoms with van der Waals surface area (Å²) in [6.07, 6.45) is 0.986. The number of halogens is 1. The normalized spacial score (nSPS) is 11.0. The molecule has 0 aliphatic heterocycles. The summed E-state index contributed by atoms with van der Waals surface area (Å²) >= 11 is 5.82. The zero-order valence-corrected chi connectivity index (χ0v) is 13.5. The van der Waals surface area contributed by atoms with Crippen LogP contribution in [-0.4, -0.2) is 26.6 Å². The number of benzene rings is 2. The molecule has 0 aliphatic carbocycles. The molecular weight excluding hydrogens is 342 g/mol. The fourth-order valence-electron chi connectivity index (χ4n) is 1.79. The number of primary amides is 1. The average Bonchev–Trinajstić information content (AvgIpc) is 2.46. The maximum atomic E-state index is 12.1. The molecule has 0 aromatic heterocycles. The first-order chi connectivity index (χ1) is 10.7. The molecule has 2 aromatic carbocycles. The van der Waals surface area contributed by atoms with Gasteiger partial charge in [-0.25, -0.2) is 13.2 Å².